The number of anilines is 1. The van der Waals surface area contributed by atoms with E-state index >= 15 is 0 Å². The van der Waals surface area contributed by atoms with Gasteiger partial charge in [0.25, 0.3) is 5.69 Å². The quantitative estimate of drug-likeness (QED) is 0.635. The summed E-state index contributed by atoms with van der Waals surface area (Å²) in [5.74, 6) is -0.251. The van der Waals surface area contributed by atoms with Crippen LogP contribution in [0.15, 0.2) is 18.2 Å². The second-order valence-corrected chi connectivity index (χ2v) is 4.41. The molecule has 1 aromatic rings. The van der Waals surface area contributed by atoms with Gasteiger partial charge in [0.05, 0.1) is 22.2 Å². The number of nitrogens with one attached hydrogen (secondary N) is 2. The van der Waals surface area contributed by atoms with Gasteiger partial charge in [0.2, 0.25) is 5.91 Å². The van der Waals surface area contributed by atoms with Crippen LogP contribution in [-0.4, -0.2) is 23.4 Å². The van der Waals surface area contributed by atoms with Crippen LogP contribution in [0.2, 0.25) is 5.02 Å². The zero-order valence-electron chi connectivity index (χ0n) is 10.1. The van der Waals surface area contributed by atoms with Crippen LogP contribution < -0.4 is 10.6 Å². The highest BCUT2D eigenvalue weighted by atomic mass is 35.5. The summed E-state index contributed by atoms with van der Waals surface area (Å²) in [6.45, 7) is 4.00. The zero-order valence-corrected chi connectivity index (χ0v) is 10.8. The standard InChI is InChI=1S/C11H14ClN3O3/c1-7(2)13-6-11(16)14-10-4-3-8(15(17)18)5-9(10)12/h3-5,7,13H,6H2,1-2H3,(H,14,16). The fourth-order valence-electron chi connectivity index (χ4n) is 1.21. The molecule has 0 spiro atoms. The van der Waals surface area contributed by atoms with Gasteiger partial charge in [-0.3, -0.25) is 14.9 Å². The van der Waals surface area contributed by atoms with Gasteiger partial charge >= 0.3 is 0 Å². The number of rotatable bonds is 5. The summed E-state index contributed by atoms with van der Waals surface area (Å²) in [4.78, 5) is 21.5. The fourth-order valence-corrected chi connectivity index (χ4v) is 1.43. The summed E-state index contributed by atoms with van der Waals surface area (Å²) in [6.07, 6.45) is 0. The van der Waals surface area contributed by atoms with Crippen molar-refractivity contribution in [3.63, 3.8) is 0 Å². The highest BCUT2D eigenvalue weighted by Gasteiger charge is 2.11. The molecule has 0 aromatic heterocycles. The van der Waals surface area contributed by atoms with Crippen molar-refractivity contribution in [3.05, 3.63) is 33.3 Å². The third-order valence-electron chi connectivity index (χ3n) is 2.11. The number of carbonyl (C=O) groups excluding carboxylic acids is 1. The molecule has 0 aliphatic rings. The molecule has 1 amide bonds. The summed E-state index contributed by atoms with van der Waals surface area (Å²) < 4.78 is 0. The van der Waals surface area contributed by atoms with Crippen LogP contribution in [0.25, 0.3) is 0 Å². The molecule has 98 valence electrons. The summed E-state index contributed by atoms with van der Waals surface area (Å²) in [5, 5.41) is 16.2. The van der Waals surface area contributed by atoms with Gasteiger partial charge < -0.3 is 10.6 Å². The molecule has 0 radical (unpaired) electrons. The van der Waals surface area contributed by atoms with E-state index in [0.717, 1.165) is 0 Å². The number of hydrogen-bond acceptors (Lipinski definition) is 4. The lowest BCUT2D eigenvalue weighted by Crippen LogP contribution is -2.32. The second kappa shape index (κ2) is 6.32. The molecule has 2 N–H and O–H groups in total. The van der Waals surface area contributed by atoms with Crippen LogP contribution >= 0.6 is 11.6 Å². The van der Waals surface area contributed by atoms with Gasteiger partial charge in [-0.25, -0.2) is 0 Å². The molecule has 18 heavy (non-hydrogen) atoms. The summed E-state index contributed by atoms with van der Waals surface area (Å²) in [5.41, 5.74) is 0.246. The minimum atomic E-state index is -0.544. The highest BCUT2D eigenvalue weighted by Crippen LogP contribution is 2.26. The first-order chi connectivity index (χ1) is 8.40. The van der Waals surface area contributed by atoms with Crippen LogP contribution in [0.1, 0.15) is 13.8 Å². The van der Waals surface area contributed by atoms with E-state index in [1.54, 1.807) is 0 Å². The molecule has 7 heteroatoms. The molecule has 0 heterocycles. The lowest BCUT2D eigenvalue weighted by atomic mass is 10.3. The molecular weight excluding hydrogens is 258 g/mol. The predicted octanol–water partition coefficient (Wildman–Crippen LogP) is 2.18. The first-order valence-corrected chi connectivity index (χ1v) is 5.75. The normalized spacial score (nSPS) is 10.4. The lowest BCUT2D eigenvalue weighted by Gasteiger charge is -2.09. The molecule has 0 bridgehead atoms. The van der Waals surface area contributed by atoms with Gasteiger partial charge in [0.15, 0.2) is 0 Å². The fraction of sp³-hybridized carbons (Fsp3) is 0.364. The summed E-state index contributed by atoms with van der Waals surface area (Å²) >= 11 is 5.84. The molecule has 0 saturated heterocycles. The Kier molecular flexibility index (Phi) is 5.06. The number of amides is 1. The van der Waals surface area contributed by atoms with Crippen LogP contribution in [-0.2, 0) is 4.79 Å². The first kappa shape index (κ1) is 14.4. The number of hydrogen-bond donors (Lipinski definition) is 2. The topological polar surface area (TPSA) is 84.3 Å². The van der Waals surface area contributed by atoms with E-state index in [1.165, 1.54) is 18.2 Å². The Morgan fingerprint density at radius 3 is 2.67 bits per heavy atom. The third-order valence-corrected chi connectivity index (χ3v) is 2.42. The Balaban J connectivity index is 2.68. The minimum absolute atomic E-state index is 0.113. The summed E-state index contributed by atoms with van der Waals surface area (Å²) in [7, 11) is 0. The van der Waals surface area contributed by atoms with E-state index in [-0.39, 0.29) is 29.2 Å². The van der Waals surface area contributed by atoms with E-state index in [0.29, 0.717) is 5.69 Å². The molecule has 1 aromatic carbocycles. The van der Waals surface area contributed by atoms with Crippen molar-refractivity contribution in [2.45, 2.75) is 19.9 Å². The van der Waals surface area contributed by atoms with E-state index in [9.17, 15) is 14.9 Å². The molecule has 0 fully saturated rings. The molecule has 6 nitrogen and oxygen atoms in total. The van der Waals surface area contributed by atoms with E-state index in [1.807, 2.05) is 13.8 Å². The van der Waals surface area contributed by atoms with Crippen molar-refractivity contribution in [2.24, 2.45) is 0 Å². The average Bonchev–Trinajstić information content (AvgIpc) is 2.29. The number of carbonyl (C=O) groups is 1. The van der Waals surface area contributed by atoms with Gasteiger partial charge in [0.1, 0.15) is 0 Å². The van der Waals surface area contributed by atoms with Crippen molar-refractivity contribution in [3.8, 4) is 0 Å². The van der Waals surface area contributed by atoms with Crippen molar-refractivity contribution in [2.75, 3.05) is 11.9 Å². The Morgan fingerprint density at radius 1 is 1.50 bits per heavy atom. The molecule has 0 aliphatic heterocycles. The van der Waals surface area contributed by atoms with Crippen LogP contribution in [0.5, 0.6) is 0 Å². The van der Waals surface area contributed by atoms with Gasteiger partial charge in [-0.15, -0.1) is 0 Å². The smallest absolute Gasteiger partial charge is 0.271 e. The number of nitrogens with zero attached hydrogens (tertiary/aromatic N) is 1. The summed E-state index contributed by atoms with van der Waals surface area (Å²) in [6, 6.07) is 4.10. The largest absolute Gasteiger partial charge is 0.324 e. The van der Waals surface area contributed by atoms with Crippen LogP contribution in [0, 0.1) is 10.1 Å². The number of benzene rings is 1. The predicted molar refractivity (Wildman–Crippen MR) is 69.9 cm³/mol. The van der Waals surface area contributed by atoms with Crippen LogP contribution in [0.3, 0.4) is 0 Å². The molecule has 1 rings (SSSR count). The molecular formula is C11H14ClN3O3. The maximum atomic E-state index is 11.5. The number of nitro groups is 1. The van der Waals surface area contributed by atoms with Crippen LogP contribution in [0.4, 0.5) is 11.4 Å². The molecule has 0 saturated carbocycles. The minimum Gasteiger partial charge on any atom is -0.324 e. The zero-order chi connectivity index (χ0) is 13.7. The Hall–Kier alpha value is -1.66. The molecule has 0 aliphatic carbocycles. The van der Waals surface area contributed by atoms with Crippen molar-refractivity contribution in [1.82, 2.24) is 5.32 Å². The van der Waals surface area contributed by atoms with E-state index in [4.69, 9.17) is 11.6 Å². The Morgan fingerprint density at radius 2 is 2.17 bits per heavy atom. The maximum absolute atomic E-state index is 11.5. The van der Waals surface area contributed by atoms with E-state index < -0.39 is 4.92 Å². The lowest BCUT2D eigenvalue weighted by molar-refractivity contribution is -0.384. The Labute approximate surface area is 109 Å². The van der Waals surface area contributed by atoms with Crippen molar-refractivity contribution in [1.29, 1.82) is 0 Å². The van der Waals surface area contributed by atoms with Gasteiger partial charge in [-0.1, -0.05) is 25.4 Å². The monoisotopic (exact) mass is 271 g/mol. The molecule has 0 unspecified atom stereocenters. The van der Waals surface area contributed by atoms with Crippen molar-refractivity contribution >= 4 is 28.9 Å². The average molecular weight is 272 g/mol. The van der Waals surface area contributed by atoms with Gasteiger partial charge in [-0.05, 0) is 6.07 Å². The third kappa shape index (κ3) is 4.31. The second-order valence-electron chi connectivity index (χ2n) is 4.01. The van der Waals surface area contributed by atoms with Gasteiger partial charge in [0, 0.05) is 18.2 Å². The SMILES string of the molecule is CC(C)NCC(=O)Nc1ccc([N+](=O)[O-])cc1Cl. The van der Waals surface area contributed by atoms with E-state index in [2.05, 4.69) is 10.6 Å². The molecule has 0 atom stereocenters. The number of non-ortho nitro benzene ring substituents is 1. The maximum Gasteiger partial charge on any atom is 0.271 e. The first-order valence-electron chi connectivity index (χ1n) is 5.37. The highest BCUT2D eigenvalue weighted by molar-refractivity contribution is 6.34. The Bertz CT molecular complexity index is 463. The van der Waals surface area contributed by atoms with Gasteiger partial charge in [-0.2, -0.15) is 0 Å². The van der Waals surface area contributed by atoms with Crippen molar-refractivity contribution < 1.29 is 9.72 Å². The number of halogens is 1. The number of nitro benzene ring substituents is 1.